The third-order valence-electron chi connectivity index (χ3n) is 2.98. The molecule has 110 valence electrons. The molecule has 21 heavy (non-hydrogen) atoms. The van der Waals surface area contributed by atoms with Gasteiger partial charge in [0.15, 0.2) is 5.65 Å². The van der Waals surface area contributed by atoms with E-state index in [1.54, 1.807) is 17.5 Å². The number of H-pyrrole nitrogens is 1. The molecule has 0 spiro atoms. The highest BCUT2D eigenvalue weighted by Crippen LogP contribution is 2.22. The molecule has 0 saturated carbocycles. The largest absolute Gasteiger partial charge is 0.477 e. The van der Waals surface area contributed by atoms with E-state index in [0.717, 1.165) is 24.8 Å². The Bertz CT molecular complexity index is 695. The van der Waals surface area contributed by atoms with Gasteiger partial charge in [0.25, 0.3) is 0 Å². The maximum absolute atomic E-state index is 5.83. The first-order valence-corrected chi connectivity index (χ1v) is 7.85. The van der Waals surface area contributed by atoms with Gasteiger partial charge in [-0.15, -0.1) is 11.3 Å². The summed E-state index contributed by atoms with van der Waals surface area (Å²) in [7, 11) is 0. The lowest BCUT2D eigenvalue weighted by molar-refractivity contribution is 0.314. The minimum atomic E-state index is 0.569. The van der Waals surface area contributed by atoms with Crippen LogP contribution in [-0.2, 0) is 6.42 Å². The number of aromatic nitrogens is 4. The van der Waals surface area contributed by atoms with E-state index in [0.29, 0.717) is 24.1 Å². The molecule has 0 aliphatic heterocycles. The first-order chi connectivity index (χ1) is 10.4. The molecule has 0 aromatic carbocycles. The molecule has 0 saturated heterocycles. The molecule has 2 N–H and O–H groups in total. The Labute approximate surface area is 126 Å². The SMILES string of the molecule is CCCNc1nc(OCCc2cccs2)c2cn[nH]c2n1. The molecule has 3 heterocycles. The summed E-state index contributed by atoms with van der Waals surface area (Å²) in [6.07, 6.45) is 3.58. The van der Waals surface area contributed by atoms with Crippen molar-refractivity contribution in [1.29, 1.82) is 0 Å². The van der Waals surface area contributed by atoms with Crippen LogP contribution in [0.1, 0.15) is 18.2 Å². The predicted molar refractivity (Wildman–Crippen MR) is 84.0 cm³/mol. The van der Waals surface area contributed by atoms with Gasteiger partial charge in [-0.1, -0.05) is 13.0 Å². The summed E-state index contributed by atoms with van der Waals surface area (Å²) in [5.74, 6) is 1.14. The molecule has 0 radical (unpaired) electrons. The Hall–Kier alpha value is -2.15. The Morgan fingerprint density at radius 1 is 1.38 bits per heavy atom. The van der Waals surface area contributed by atoms with Gasteiger partial charge in [-0.25, -0.2) is 0 Å². The predicted octanol–water partition coefficient (Wildman–Crippen LogP) is 2.86. The summed E-state index contributed by atoms with van der Waals surface area (Å²) in [5.41, 5.74) is 0.690. The van der Waals surface area contributed by atoms with Gasteiger partial charge in [0, 0.05) is 17.8 Å². The zero-order valence-corrected chi connectivity index (χ0v) is 12.6. The molecule has 0 aliphatic carbocycles. The second-order valence-corrected chi connectivity index (χ2v) is 5.62. The fraction of sp³-hybridized carbons (Fsp3) is 0.357. The number of thiophene rings is 1. The molecule has 0 atom stereocenters. The Kier molecular flexibility index (Phi) is 4.30. The maximum atomic E-state index is 5.83. The summed E-state index contributed by atoms with van der Waals surface area (Å²) >= 11 is 1.73. The Morgan fingerprint density at radius 2 is 2.33 bits per heavy atom. The van der Waals surface area contributed by atoms with Crippen LogP contribution >= 0.6 is 11.3 Å². The van der Waals surface area contributed by atoms with Crippen molar-refractivity contribution in [3.8, 4) is 5.88 Å². The van der Waals surface area contributed by atoms with Crippen LogP contribution in [0.4, 0.5) is 5.95 Å². The zero-order valence-electron chi connectivity index (χ0n) is 11.8. The van der Waals surface area contributed by atoms with Crippen LogP contribution in [-0.4, -0.2) is 33.3 Å². The lowest BCUT2D eigenvalue weighted by atomic mass is 10.3. The van der Waals surface area contributed by atoms with Crippen molar-refractivity contribution in [2.45, 2.75) is 19.8 Å². The summed E-state index contributed by atoms with van der Waals surface area (Å²) in [5, 5.41) is 12.9. The van der Waals surface area contributed by atoms with E-state index in [2.05, 4.69) is 43.9 Å². The molecule has 0 amide bonds. The van der Waals surface area contributed by atoms with Gasteiger partial charge >= 0.3 is 0 Å². The number of aromatic amines is 1. The third kappa shape index (κ3) is 3.30. The van der Waals surface area contributed by atoms with Crippen molar-refractivity contribution < 1.29 is 4.74 Å². The molecule has 3 aromatic rings. The molecule has 7 heteroatoms. The molecular formula is C14H17N5OS. The number of anilines is 1. The number of ether oxygens (including phenoxy) is 1. The lowest BCUT2D eigenvalue weighted by Crippen LogP contribution is -2.07. The highest BCUT2D eigenvalue weighted by atomic mass is 32.1. The highest BCUT2D eigenvalue weighted by molar-refractivity contribution is 7.09. The van der Waals surface area contributed by atoms with Gasteiger partial charge in [0.05, 0.1) is 12.8 Å². The number of hydrogen-bond acceptors (Lipinski definition) is 6. The van der Waals surface area contributed by atoms with Crippen molar-refractivity contribution in [1.82, 2.24) is 20.2 Å². The summed E-state index contributed by atoms with van der Waals surface area (Å²) in [4.78, 5) is 10.1. The molecule has 3 aromatic heterocycles. The lowest BCUT2D eigenvalue weighted by Gasteiger charge is -2.08. The van der Waals surface area contributed by atoms with Crippen LogP contribution < -0.4 is 10.1 Å². The fourth-order valence-electron chi connectivity index (χ4n) is 1.94. The van der Waals surface area contributed by atoms with E-state index >= 15 is 0 Å². The molecule has 3 rings (SSSR count). The standard InChI is InChI=1S/C14H17N5OS/c1-2-6-15-14-17-12-11(9-16-19-12)13(18-14)20-7-5-10-4-3-8-21-10/h3-4,8-9H,2,5-7H2,1H3,(H2,15,16,17,18,19). The number of nitrogens with zero attached hydrogens (tertiary/aromatic N) is 3. The van der Waals surface area contributed by atoms with Gasteiger partial charge in [-0.2, -0.15) is 15.1 Å². The molecule has 0 aliphatic rings. The van der Waals surface area contributed by atoms with Gasteiger partial charge < -0.3 is 10.1 Å². The van der Waals surface area contributed by atoms with E-state index in [9.17, 15) is 0 Å². The zero-order chi connectivity index (χ0) is 14.5. The Morgan fingerprint density at radius 3 is 3.14 bits per heavy atom. The van der Waals surface area contributed by atoms with Crippen LogP contribution in [0, 0.1) is 0 Å². The number of hydrogen-bond donors (Lipinski definition) is 2. The fourth-order valence-corrected chi connectivity index (χ4v) is 2.63. The molecule has 0 fully saturated rings. The van der Waals surface area contributed by atoms with Crippen LogP contribution in [0.2, 0.25) is 0 Å². The van der Waals surface area contributed by atoms with Crippen molar-refractivity contribution in [2.24, 2.45) is 0 Å². The molecule has 0 unspecified atom stereocenters. The van der Waals surface area contributed by atoms with Crippen LogP contribution in [0.15, 0.2) is 23.7 Å². The van der Waals surface area contributed by atoms with E-state index in [1.165, 1.54) is 4.88 Å². The van der Waals surface area contributed by atoms with E-state index in [-0.39, 0.29) is 0 Å². The minimum absolute atomic E-state index is 0.569. The van der Waals surface area contributed by atoms with Gasteiger partial charge in [-0.05, 0) is 17.9 Å². The maximum Gasteiger partial charge on any atom is 0.229 e. The monoisotopic (exact) mass is 303 g/mol. The second-order valence-electron chi connectivity index (χ2n) is 4.59. The topological polar surface area (TPSA) is 75.7 Å². The second kappa shape index (κ2) is 6.53. The first-order valence-electron chi connectivity index (χ1n) is 6.97. The van der Waals surface area contributed by atoms with Crippen molar-refractivity contribution in [3.63, 3.8) is 0 Å². The Balaban J connectivity index is 1.74. The van der Waals surface area contributed by atoms with Crippen molar-refractivity contribution >= 4 is 28.3 Å². The summed E-state index contributed by atoms with van der Waals surface area (Å²) < 4.78 is 5.83. The highest BCUT2D eigenvalue weighted by Gasteiger charge is 2.10. The number of nitrogens with one attached hydrogen (secondary N) is 2. The molecule has 6 nitrogen and oxygen atoms in total. The van der Waals surface area contributed by atoms with Crippen molar-refractivity contribution in [3.05, 3.63) is 28.6 Å². The summed E-state index contributed by atoms with van der Waals surface area (Å²) in [6, 6.07) is 4.15. The number of fused-ring (bicyclic) bond motifs is 1. The molecular weight excluding hydrogens is 286 g/mol. The summed E-state index contributed by atoms with van der Waals surface area (Å²) in [6.45, 7) is 3.51. The van der Waals surface area contributed by atoms with Gasteiger partial charge in [0.1, 0.15) is 5.39 Å². The molecule has 0 bridgehead atoms. The van der Waals surface area contributed by atoms with E-state index < -0.39 is 0 Å². The third-order valence-corrected chi connectivity index (χ3v) is 3.91. The van der Waals surface area contributed by atoms with E-state index in [1.807, 2.05) is 6.07 Å². The normalized spacial score (nSPS) is 10.9. The van der Waals surface area contributed by atoms with Gasteiger partial charge in [0.2, 0.25) is 11.8 Å². The smallest absolute Gasteiger partial charge is 0.229 e. The average molecular weight is 303 g/mol. The quantitative estimate of drug-likeness (QED) is 0.702. The minimum Gasteiger partial charge on any atom is -0.477 e. The van der Waals surface area contributed by atoms with Crippen LogP contribution in [0.25, 0.3) is 11.0 Å². The van der Waals surface area contributed by atoms with E-state index in [4.69, 9.17) is 4.74 Å². The van der Waals surface area contributed by atoms with Crippen molar-refractivity contribution in [2.75, 3.05) is 18.5 Å². The first kappa shape index (κ1) is 13.8. The average Bonchev–Trinajstić information content (AvgIpc) is 3.15. The van der Waals surface area contributed by atoms with Gasteiger partial charge in [-0.3, -0.25) is 5.10 Å². The number of rotatable bonds is 7. The van der Waals surface area contributed by atoms with Crippen LogP contribution in [0.3, 0.4) is 0 Å². The van der Waals surface area contributed by atoms with Crippen LogP contribution in [0.5, 0.6) is 5.88 Å².